The third kappa shape index (κ3) is 3.64. The fraction of sp³-hybridized carbons (Fsp3) is 0.100. The van der Waals surface area contributed by atoms with Gasteiger partial charge in [0.05, 0.1) is 17.8 Å². The van der Waals surface area contributed by atoms with Crippen LogP contribution in [-0.2, 0) is 4.74 Å². The first-order valence-corrected chi connectivity index (χ1v) is 10.1. The van der Waals surface area contributed by atoms with Gasteiger partial charge in [0, 0.05) is 5.56 Å². The zero-order chi connectivity index (χ0) is 20.5. The van der Waals surface area contributed by atoms with Crippen LogP contribution < -0.4 is 0 Å². The fourth-order valence-electron chi connectivity index (χ4n) is 2.83. The Labute approximate surface area is 180 Å². The normalized spacial score (nSPS) is 10.9. The number of hydrogen-bond donors (Lipinski definition) is 0. The van der Waals surface area contributed by atoms with Crippen LogP contribution >= 0.6 is 34.7 Å². The molecule has 2 aromatic carbocycles. The van der Waals surface area contributed by atoms with Crippen molar-refractivity contribution in [3.05, 3.63) is 69.8 Å². The molecule has 0 atom stereocenters. The quantitative estimate of drug-likeness (QED) is 0.390. The minimum atomic E-state index is -0.656. The number of rotatable bonds is 4. The molecule has 0 N–H and O–H groups in total. The maximum absolute atomic E-state index is 12.2. The van der Waals surface area contributed by atoms with Crippen LogP contribution in [0.25, 0.3) is 27.8 Å². The summed E-state index contributed by atoms with van der Waals surface area (Å²) < 4.78 is 10.7. The van der Waals surface area contributed by atoms with E-state index in [9.17, 15) is 4.79 Å². The highest BCUT2D eigenvalue weighted by atomic mass is 35.5. The summed E-state index contributed by atoms with van der Waals surface area (Å²) >= 11 is 14.1. The van der Waals surface area contributed by atoms with Gasteiger partial charge in [0.2, 0.25) is 0 Å². The SMILES string of the molecule is COC(=O)c1nn(-c2ccccc2Cl)c(-c2nsc(-c3cccc(C)c3)n2)c1Cl. The lowest BCUT2D eigenvalue weighted by Gasteiger charge is -2.07. The van der Waals surface area contributed by atoms with E-state index >= 15 is 0 Å². The number of ether oxygens (including phenoxy) is 1. The summed E-state index contributed by atoms with van der Waals surface area (Å²) in [6.45, 7) is 2.01. The van der Waals surface area contributed by atoms with Gasteiger partial charge < -0.3 is 4.74 Å². The van der Waals surface area contributed by atoms with Crippen LogP contribution in [-0.4, -0.2) is 32.2 Å². The molecule has 4 rings (SSSR count). The molecule has 2 aromatic heterocycles. The average molecular weight is 445 g/mol. The molecule has 6 nitrogen and oxygen atoms in total. The van der Waals surface area contributed by atoms with Crippen LogP contribution in [0.3, 0.4) is 0 Å². The Kier molecular flexibility index (Phi) is 5.36. The van der Waals surface area contributed by atoms with E-state index in [0.717, 1.165) is 16.1 Å². The standard InChI is InChI=1S/C20H14Cl2N4O2S/c1-11-6-5-7-12(10-11)19-23-18(25-29-19)17-15(22)16(20(27)28-2)24-26(17)14-9-4-3-8-13(14)21/h3-10H,1-2H3. The van der Waals surface area contributed by atoms with Crippen molar-refractivity contribution in [1.82, 2.24) is 19.1 Å². The number of benzene rings is 2. The second kappa shape index (κ2) is 7.94. The first-order valence-electron chi connectivity index (χ1n) is 8.52. The number of nitrogens with zero attached hydrogens (tertiary/aromatic N) is 4. The lowest BCUT2D eigenvalue weighted by atomic mass is 10.1. The molecule has 0 saturated heterocycles. The fourth-order valence-corrected chi connectivity index (χ4v) is 3.99. The first-order chi connectivity index (χ1) is 14.0. The second-order valence-corrected chi connectivity index (χ2v) is 7.70. The highest BCUT2D eigenvalue weighted by Gasteiger charge is 2.27. The average Bonchev–Trinajstić information content (AvgIpc) is 3.32. The van der Waals surface area contributed by atoms with E-state index < -0.39 is 5.97 Å². The van der Waals surface area contributed by atoms with Gasteiger partial charge in [-0.2, -0.15) is 9.47 Å². The summed E-state index contributed by atoms with van der Waals surface area (Å²) in [7, 11) is 1.27. The summed E-state index contributed by atoms with van der Waals surface area (Å²) in [4.78, 5) is 16.8. The van der Waals surface area contributed by atoms with Crippen molar-refractivity contribution in [2.75, 3.05) is 7.11 Å². The highest BCUT2D eigenvalue weighted by molar-refractivity contribution is 7.09. The predicted molar refractivity (Wildman–Crippen MR) is 114 cm³/mol. The summed E-state index contributed by atoms with van der Waals surface area (Å²) in [5, 5.41) is 5.61. The van der Waals surface area contributed by atoms with Crippen LogP contribution in [0, 0.1) is 6.92 Å². The number of carbonyl (C=O) groups is 1. The summed E-state index contributed by atoms with van der Waals surface area (Å²) in [6.07, 6.45) is 0. The number of halogens is 2. The largest absolute Gasteiger partial charge is 0.464 e. The molecule has 0 spiro atoms. The molecule has 2 heterocycles. The van der Waals surface area contributed by atoms with Gasteiger partial charge >= 0.3 is 5.97 Å². The van der Waals surface area contributed by atoms with Crippen molar-refractivity contribution in [1.29, 1.82) is 0 Å². The van der Waals surface area contributed by atoms with Crippen LogP contribution in [0.15, 0.2) is 48.5 Å². The van der Waals surface area contributed by atoms with E-state index in [4.69, 9.17) is 27.9 Å². The number of hydrogen-bond acceptors (Lipinski definition) is 6. The van der Waals surface area contributed by atoms with E-state index in [1.165, 1.54) is 23.3 Å². The van der Waals surface area contributed by atoms with Crippen LogP contribution in [0.1, 0.15) is 16.1 Å². The maximum atomic E-state index is 12.2. The van der Waals surface area contributed by atoms with Crippen molar-refractivity contribution in [3.63, 3.8) is 0 Å². The Morgan fingerprint density at radius 1 is 1.14 bits per heavy atom. The van der Waals surface area contributed by atoms with E-state index in [-0.39, 0.29) is 10.7 Å². The number of esters is 1. The minimum absolute atomic E-state index is 0.0315. The van der Waals surface area contributed by atoms with Gasteiger partial charge in [-0.3, -0.25) is 0 Å². The Morgan fingerprint density at radius 3 is 2.66 bits per heavy atom. The molecule has 0 aliphatic heterocycles. The lowest BCUT2D eigenvalue weighted by Crippen LogP contribution is -2.05. The number of para-hydroxylation sites is 1. The molecular formula is C20H14Cl2N4O2S. The molecule has 0 fully saturated rings. The second-order valence-electron chi connectivity index (χ2n) is 6.16. The zero-order valence-corrected chi connectivity index (χ0v) is 17.7. The third-order valence-electron chi connectivity index (χ3n) is 4.19. The van der Waals surface area contributed by atoms with Crippen molar-refractivity contribution in [2.24, 2.45) is 0 Å². The molecule has 0 saturated carbocycles. The monoisotopic (exact) mass is 444 g/mol. The van der Waals surface area contributed by atoms with E-state index in [1.807, 2.05) is 37.3 Å². The number of carbonyl (C=O) groups excluding carboxylic acids is 1. The van der Waals surface area contributed by atoms with E-state index in [2.05, 4.69) is 14.5 Å². The molecule has 0 amide bonds. The lowest BCUT2D eigenvalue weighted by molar-refractivity contribution is 0.0593. The molecule has 9 heteroatoms. The number of aryl methyl sites for hydroxylation is 1. The first kappa shape index (κ1) is 19.6. The van der Waals surface area contributed by atoms with Gasteiger partial charge in [0.25, 0.3) is 0 Å². The molecule has 0 unspecified atom stereocenters. The molecule has 0 aliphatic carbocycles. The van der Waals surface area contributed by atoms with Crippen LogP contribution in [0.4, 0.5) is 0 Å². The molecule has 146 valence electrons. The van der Waals surface area contributed by atoms with E-state index in [1.54, 1.807) is 18.2 Å². The highest BCUT2D eigenvalue weighted by Crippen LogP contribution is 2.35. The third-order valence-corrected chi connectivity index (χ3v) is 5.63. The van der Waals surface area contributed by atoms with Gasteiger partial charge in [0.15, 0.2) is 11.5 Å². The molecular weight excluding hydrogens is 431 g/mol. The smallest absolute Gasteiger partial charge is 0.360 e. The summed E-state index contributed by atoms with van der Waals surface area (Å²) in [5.41, 5.74) is 2.95. The Balaban J connectivity index is 1.90. The van der Waals surface area contributed by atoms with Crippen LogP contribution in [0.5, 0.6) is 0 Å². The van der Waals surface area contributed by atoms with Gasteiger partial charge in [-0.1, -0.05) is 59.1 Å². The molecule has 29 heavy (non-hydrogen) atoms. The topological polar surface area (TPSA) is 69.9 Å². The Bertz CT molecular complexity index is 1220. The molecule has 4 aromatic rings. The predicted octanol–water partition coefficient (Wildman–Crippen LogP) is 5.46. The van der Waals surface area contributed by atoms with Gasteiger partial charge in [0.1, 0.15) is 15.7 Å². The molecule has 0 aliphatic rings. The van der Waals surface area contributed by atoms with Gasteiger partial charge in [-0.05, 0) is 36.7 Å². The van der Waals surface area contributed by atoms with Gasteiger partial charge in [-0.15, -0.1) is 0 Å². The molecule has 0 bridgehead atoms. The summed E-state index contributed by atoms with van der Waals surface area (Å²) in [5.74, 6) is -0.310. The summed E-state index contributed by atoms with van der Waals surface area (Å²) in [6, 6.07) is 15.1. The van der Waals surface area contributed by atoms with Crippen molar-refractivity contribution < 1.29 is 9.53 Å². The van der Waals surface area contributed by atoms with Crippen LogP contribution in [0.2, 0.25) is 10.0 Å². The number of methoxy groups -OCH3 is 1. The zero-order valence-electron chi connectivity index (χ0n) is 15.4. The molecule has 0 radical (unpaired) electrons. The maximum Gasteiger partial charge on any atom is 0.360 e. The van der Waals surface area contributed by atoms with Crippen molar-refractivity contribution in [3.8, 4) is 27.8 Å². The van der Waals surface area contributed by atoms with E-state index in [0.29, 0.717) is 22.2 Å². The Hall–Kier alpha value is -2.74. The van der Waals surface area contributed by atoms with Gasteiger partial charge in [-0.25, -0.2) is 14.5 Å². The Morgan fingerprint density at radius 2 is 1.93 bits per heavy atom. The number of aromatic nitrogens is 4. The van der Waals surface area contributed by atoms with Crippen molar-refractivity contribution in [2.45, 2.75) is 6.92 Å². The minimum Gasteiger partial charge on any atom is -0.464 e. The van der Waals surface area contributed by atoms with Crippen molar-refractivity contribution >= 4 is 40.7 Å².